The second-order valence-electron chi connectivity index (χ2n) is 8.41. The molecule has 7 heteroatoms. The number of aryl methyl sites for hydroxylation is 1. The number of nitrogens with zero attached hydrogens (tertiary/aromatic N) is 2. The number of ketones is 1. The van der Waals surface area contributed by atoms with Gasteiger partial charge in [-0.2, -0.15) is 9.57 Å². The topological polar surface area (TPSA) is 91.4 Å². The van der Waals surface area contributed by atoms with E-state index in [0.29, 0.717) is 23.0 Å². The highest BCUT2D eigenvalue weighted by Gasteiger charge is 2.38. The van der Waals surface area contributed by atoms with Gasteiger partial charge in [-0.15, -0.1) is 0 Å². The molecule has 0 unspecified atom stereocenters. The van der Waals surface area contributed by atoms with Crippen molar-refractivity contribution in [2.75, 3.05) is 6.54 Å². The molecule has 0 N–H and O–H groups in total. The monoisotopic (exact) mass is 482 g/mol. The molecule has 5 rings (SSSR count). The van der Waals surface area contributed by atoms with Crippen LogP contribution in [-0.4, -0.2) is 31.1 Å². The molecule has 0 spiro atoms. The van der Waals surface area contributed by atoms with Gasteiger partial charge < -0.3 is 4.42 Å². The number of Topliss-reactive ketones (excluding diaryl/α,β-unsaturated/α-hetero) is 1. The summed E-state index contributed by atoms with van der Waals surface area (Å²) in [7, 11) is -3.96. The summed E-state index contributed by atoms with van der Waals surface area (Å²) in [6.45, 7) is 0.131. The van der Waals surface area contributed by atoms with Crippen molar-refractivity contribution in [1.29, 1.82) is 5.26 Å². The SMILES string of the molecule is N#Cc1cccc(-c2ccc(CCC(=O)[C@@H]3C=CCN3S(=O)(=O)c3cc4ccccc4o3)cc2)c1. The van der Waals surface area contributed by atoms with Crippen LogP contribution in [0.2, 0.25) is 0 Å². The van der Waals surface area contributed by atoms with Gasteiger partial charge in [-0.25, -0.2) is 8.42 Å². The predicted octanol–water partition coefficient (Wildman–Crippen LogP) is 5.10. The standard InChI is InChI=1S/C28H22N2O4S/c29-19-21-5-3-7-23(17-21)22-13-10-20(11-14-22)12-15-26(31)25-8-4-16-30(25)35(32,33)28-18-24-6-1-2-9-27(24)34-28/h1-11,13-14,17-18,25H,12,15-16H2/t25-/m0/s1. The number of rotatable bonds is 7. The number of sulfonamides is 1. The van der Waals surface area contributed by atoms with Crippen molar-refractivity contribution in [2.24, 2.45) is 0 Å². The van der Waals surface area contributed by atoms with E-state index in [-0.39, 0.29) is 23.8 Å². The fourth-order valence-electron chi connectivity index (χ4n) is 4.27. The Morgan fingerprint density at radius 2 is 1.80 bits per heavy atom. The zero-order chi connectivity index (χ0) is 24.4. The first kappa shape index (κ1) is 22.8. The third kappa shape index (κ3) is 4.54. The molecule has 0 saturated carbocycles. The Labute approximate surface area is 203 Å². The lowest BCUT2D eigenvalue weighted by atomic mass is 9.99. The molecule has 1 aliphatic rings. The quantitative estimate of drug-likeness (QED) is 0.342. The van der Waals surface area contributed by atoms with Crippen LogP contribution in [0.5, 0.6) is 0 Å². The molecule has 174 valence electrons. The van der Waals surface area contributed by atoms with E-state index in [0.717, 1.165) is 16.7 Å². The molecular formula is C28H22N2O4S. The Bertz CT molecular complexity index is 1540. The highest BCUT2D eigenvalue weighted by molar-refractivity contribution is 7.89. The van der Waals surface area contributed by atoms with Crippen LogP contribution in [0.25, 0.3) is 22.1 Å². The van der Waals surface area contributed by atoms with Crippen LogP contribution in [0.4, 0.5) is 0 Å². The molecule has 1 aromatic heterocycles. The number of furan rings is 1. The van der Waals surface area contributed by atoms with Crippen molar-refractivity contribution in [1.82, 2.24) is 4.31 Å². The van der Waals surface area contributed by atoms with Gasteiger partial charge in [0.1, 0.15) is 11.6 Å². The molecule has 35 heavy (non-hydrogen) atoms. The minimum absolute atomic E-state index is 0.131. The number of para-hydroxylation sites is 1. The van der Waals surface area contributed by atoms with Crippen LogP contribution < -0.4 is 0 Å². The van der Waals surface area contributed by atoms with E-state index in [1.165, 1.54) is 10.4 Å². The molecule has 0 saturated heterocycles. The van der Waals surface area contributed by atoms with E-state index in [1.807, 2.05) is 48.5 Å². The van der Waals surface area contributed by atoms with Gasteiger partial charge in [0.05, 0.1) is 11.6 Å². The largest absolute Gasteiger partial charge is 0.443 e. The van der Waals surface area contributed by atoms with Crippen molar-refractivity contribution < 1.29 is 17.6 Å². The summed E-state index contributed by atoms with van der Waals surface area (Å²) in [6.07, 6.45) is 4.06. The molecular weight excluding hydrogens is 460 g/mol. The predicted molar refractivity (Wildman–Crippen MR) is 133 cm³/mol. The smallest absolute Gasteiger partial charge is 0.277 e. The number of nitriles is 1. The van der Waals surface area contributed by atoms with E-state index >= 15 is 0 Å². The maximum absolute atomic E-state index is 13.2. The molecule has 2 heterocycles. The normalized spacial score (nSPS) is 15.9. The first-order valence-corrected chi connectivity index (χ1v) is 12.7. The maximum atomic E-state index is 13.2. The molecule has 3 aromatic carbocycles. The lowest BCUT2D eigenvalue weighted by Crippen LogP contribution is -2.40. The second-order valence-corrected chi connectivity index (χ2v) is 10.2. The molecule has 0 amide bonds. The van der Waals surface area contributed by atoms with Gasteiger partial charge in [0, 0.05) is 24.4 Å². The number of hydrogen-bond acceptors (Lipinski definition) is 5. The summed E-state index contributed by atoms with van der Waals surface area (Å²) in [5.41, 5.74) is 4.01. The van der Waals surface area contributed by atoms with Crippen LogP contribution in [0, 0.1) is 11.3 Å². The summed E-state index contributed by atoms with van der Waals surface area (Å²) in [5.74, 6) is -0.163. The summed E-state index contributed by atoms with van der Waals surface area (Å²) in [4.78, 5) is 13.0. The van der Waals surface area contributed by atoms with E-state index < -0.39 is 16.1 Å². The van der Waals surface area contributed by atoms with Crippen LogP contribution in [0.3, 0.4) is 0 Å². The van der Waals surface area contributed by atoms with Gasteiger partial charge >= 0.3 is 0 Å². The minimum atomic E-state index is -3.96. The summed E-state index contributed by atoms with van der Waals surface area (Å²) < 4.78 is 33.2. The fraction of sp³-hybridized carbons (Fsp3) is 0.143. The second kappa shape index (κ2) is 9.34. The summed E-state index contributed by atoms with van der Waals surface area (Å²) in [5, 5.41) is 9.64. The number of carbonyl (C=O) groups is 1. The van der Waals surface area contributed by atoms with Gasteiger partial charge in [-0.1, -0.05) is 66.7 Å². The lowest BCUT2D eigenvalue weighted by molar-refractivity contribution is -0.121. The Morgan fingerprint density at radius 1 is 1.00 bits per heavy atom. The van der Waals surface area contributed by atoms with Crippen molar-refractivity contribution in [3.8, 4) is 17.2 Å². The number of fused-ring (bicyclic) bond motifs is 1. The maximum Gasteiger partial charge on any atom is 0.277 e. The zero-order valence-corrected chi connectivity index (χ0v) is 19.6. The highest BCUT2D eigenvalue weighted by Crippen LogP contribution is 2.29. The van der Waals surface area contributed by atoms with Gasteiger partial charge in [-0.3, -0.25) is 4.79 Å². The molecule has 0 fully saturated rings. The third-order valence-corrected chi connectivity index (χ3v) is 7.85. The first-order chi connectivity index (χ1) is 17.0. The van der Waals surface area contributed by atoms with Gasteiger partial charge in [0.15, 0.2) is 5.78 Å². The lowest BCUT2D eigenvalue weighted by Gasteiger charge is -2.21. The van der Waals surface area contributed by atoms with Gasteiger partial charge in [0.25, 0.3) is 10.0 Å². The van der Waals surface area contributed by atoms with Gasteiger partial charge in [0.2, 0.25) is 5.09 Å². The number of benzene rings is 3. The van der Waals surface area contributed by atoms with Crippen LogP contribution in [0.1, 0.15) is 17.5 Å². The molecule has 6 nitrogen and oxygen atoms in total. The molecule has 4 aromatic rings. The van der Waals surface area contributed by atoms with Crippen molar-refractivity contribution >= 4 is 26.8 Å². The fourth-order valence-corrected chi connectivity index (χ4v) is 5.74. The molecule has 0 radical (unpaired) electrons. The van der Waals surface area contributed by atoms with Crippen LogP contribution >= 0.6 is 0 Å². The Morgan fingerprint density at radius 3 is 2.57 bits per heavy atom. The van der Waals surface area contributed by atoms with Crippen molar-refractivity contribution in [2.45, 2.75) is 24.0 Å². The summed E-state index contributed by atoms with van der Waals surface area (Å²) >= 11 is 0. The van der Waals surface area contributed by atoms with Crippen LogP contribution in [-0.2, 0) is 21.2 Å². The molecule has 0 aliphatic carbocycles. The number of carbonyl (C=O) groups excluding carboxylic acids is 1. The average molecular weight is 483 g/mol. The highest BCUT2D eigenvalue weighted by atomic mass is 32.2. The van der Waals surface area contributed by atoms with Gasteiger partial charge in [-0.05, 0) is 41.3 Å². The van der Waals surface area contributed by atoms with Crippen LogP contribution in [0.15, 0.2) is 101 Å². The van der Waals surface area contributed by atoms with Crippen molar-refractivity contribution in [3.05, 3.63) is 102 Å². The average Bonchev–Trinajstić information content (AvgIpc) is 3.56. The van der Waals surface area contributed by atoms with Crippen molar-refractivity contribution in [3.63, 3.8) is 0 Å². The van der Waals surface area contributed by atoms with E-state index in [2.05, 4.69) is 6.07 Å². The Hall–Kier alpha value is -3.99. The first-order valence-electron chi connectivity index (χ1n) is 11.2. The molecule has 0 bridgehead atoms. The van der Waals surface area contributed by atoms with E-state index in [1.54, 1.807) is 36.4 Å². The molecule has 1 aliphatic heterocycles. The summed E-state index contributed by atoms with van der Waals surface area (Å²) in [6, 6.07) is 25.1. The Balaban J connectivity index is 1.27. The molecule has 1 atom stereocenters. The van der Waals surface area contributed by atoms with E-state index in [4.69, 9.17) is 9.68 Å². The Kier molecular flexibility index (Phi) is 6.08. The number of hydrogen-bond donors (Lipinski definition) is 0. The zero-order valence-electron chi connectivity index (χ0n) is 18.8. The van der Waals surface area contributed by atoms with E-state index in [9.17, 15) is 13.2 Å². The minimum Gasteiger partial charge on any atom is -0.443 e. The third-order valence-electron chi connectivity index (χ3n) is 6.15.